The Balaban J connectivity index is 2.06. The topological polar surface area (TPSA) is 62.2 Å². The molecule has 0 bridgehead atoms. The van der Waals surface area contributed by atoms with Crippen molar-refractivity contribution in [1.29, 1.82) is 0 Å². The molecule has 0 saturated carbocycles. The van der Waals surface area contributed by atoms with E-state index in [1.54, 1.807) is 21.3 Å². The number of hydrogen-bond donors (Lipinski definition) is 0. The van der Waals surface area contributed by atoms with Gasteiger partial charge in [-0.2, -0.15) is 0 Å². The van der Waals surface area contributed by atoms with Crippen molar-refractivity contribution in [3.8, 4) is 28.5 Å². The summed E-state index contributed by atoms with van der Waals surface area (Å²) in [7, 11) is 6.27. The fourth-order valence-electron chi connectivity index (χ4n) is 2.76. The first-order valence-electron chi connectivity index (χ1n) is 8.55. The summed E-state index contributed by atoms with van der Waals surface area (Å²) < 4.78 is 17.2. The molecule has 28 heavy (non-hydrogen) atoms. The number of ether oxygens (including phenoxy) is 3. The second-order valence-electron chi connectivity index (χ2n) is 5.94. The fraction of sp³-hybridized carbons (Fsp3) is 0.238. The number of nitrogens with zero attached hydrogens (tertiary/aromatic N) is 2. The Bertz CT molecular complexity index is 955. The van der Waals surface area contributed by atoms with Crippen molar-refractivity contribution in [3.05, 3.63) is 57.0 Å². The third-order valence-corrected chi connectivity index (χ3v) is 5.96. The molecule has 146 valence electrons. The molecule has 0 fully saturated rings. The Hall–Kier alpha value is -2.76. The number of hydrogen-bond acceptors (Lipinski definition) is 6. The van der Waals surface area contributed by atoms with Gasteiger partial charge in [-0.1, -0.05) is 0 Å². The molecule has 2 aromatic carbocycles. The molecular weight excluding hydrogens is 423 g/mol. The summed E-state index contributed by atoms with van der Waals surface area (Å²) in [6.45, 7) is 2.07. The Labute approximate surface area is 170 Å². The van der Waals surface area contributed by atoms with Crippen molar-refractivity contribution in [1.82, 2.24) is 4.98 Å². The number of benzene rings is 2. The first kappa shape index (κ1) is 20.0. The summed E-state index contributed by atoms with van der Waals surface area (Å²) in [6, 6.07) is 12.0. The van der Waals surface area contributed by atoms with Gasteiger partial charge in [0.2, 0.25) is 0 Å². The van der Waals surface area contributed by atoms with Crippen LogP contribution in [-0.4, -0.2) is 53.6 Å². The maximum atomic E-state index is 5.46. The van der Waals surface area contributed by atoms with Crippen LogP contribution in [0, 0.1) is 6.92 Å². The first-order chi connectivity index (χ1) is 13.6. The van der Waals surface area contributed by atoms with Gasteiger partial charge < -0.3 is 0 Å². The maximum absolute atomic E-state index is 5.46. The van der Waals surface area contributed by atoms with Crippen LogP contribution in [0.25, 0.3) is 11.3 Å². The van der Waals surface area contributed by atoms with Crippen LogP contribution in [0.4, 0.5) is 0 Å². The van der Waals surface area contributed by atoms with Crippen molar-refractivity contribution >= 4 is 20.2 Å². The summed E-state index contributed by atoms with van der Waals surface area (Å²) in [5, 5.41) is 4.24. The molecule has 3 aromatic rings. The monoisotopic (exact) mass is 446 g/mol. The third kappa shape index (κ3) is 4.06. The van der Waals surface area contributed by atoms with Gasteiger partial charge in [0.15, 0.2) is 0 Å². The molecule has 0 aliphatic carbocycles. The summed E-state index contributed by atoms with van der Waals surface area (Å²) in [4.78, 5) is 12.1. The van der Waals surface area contributed by atoms with E-state index >= 15 is 0 Å². The average Bonchev–Trinajstić information content (AvgIpc) is 3.21. The van der Waals surface area contributed by atoms with Crippen LogP contribution in [0.1, 0.15) is 15.7 Å². The Morgan fingerprint density at radius 2 is 1.57 bits per heavy atom. The number of aromatic nitrogens is 1. The molecule has 6 nitrogen and oxygen atoms in total. The summed E-state index contributed by atoms with van der Waals surface area (Å²) in [5.74, 6) is 1.64. The van der Waals surface area contributed by atoms with E-state index in [1.807, 2.05) is 12.1 Å². The van der Waals surface area contributed by atoms with Gasteiger partial charge in [0.1, 0.15) is 0 Å². The van der Waals surface area contributed by atoms with E-state index < -0.39 is 0 Å². The van der Waals surface area contributed by atoms with E-state index in [1.165, 1.54) is 12.7 Å². The minimum absolute atomic E-state index is 0.0258. The molecule has 0 aliphatic rings. The summed E-state index contributed by atoms with van der Waals surface area (Å²) >= 11 is 0.0258. The molecule has 3 rings (SSSR count). The van der Waals surface area contributed by atoms with Crippen LogP contribution in [0.15, 0.2) is 46.5 Å². The molecule has 0 N–H and O–H groups in total. The molecule has 0 unspecified atom stereocenters. The molecule has 7 heteroatoms. The van der Waals surface area contributed by atoms with Crippen LogP contribution in [0.2, 0.25) is 0 Å². The zero-order valence-corrected chi connectivity index (χ0v) is 18.2. The average molecular weight is 445 g/mol. The molecule has 1 aromatic heterocycles. The van der Waals surface area contributed by atoms with Crippen molar-refractivity contribution in [3.63, 3.8) is 0 Å². The summed E-state index contributed by atoms with van der Waals surface area (Å²) in [6.07, 6.45) is 0. The van der Waals surface area contributed by atoms with Gasteiger partial charge in [0, 0.05) is 0 Å². The van der Waals surface area contributed by atoms with Crippen LogP contribution in [0.5, 0.6) is 17.2 Å². The molecule has 0 saturated heterocycles. The predicted octanol–water partition coefficient (Wildman–Crippen LogP) is 3.54. The molecule has 0 aliphatic heterocycles. The van der Waals surface area contributed by atoms with Gasteiger partial charge in [0.25, 0.3) is 0 Å². The molecule has 0 spiro atoms. The van der Waals surface area contributed by atoms with E-state index in [0.717, 1.165) is 21.4 Å². The SMILES string of the molecule is CO/N=C(/c1cc(OC)c(OC)c(OC)c1)c1nc(-c2ccc(C)cc2)c[se]1. The van der Waals surface area contributed by atoms with Crippen molar-refractivity contribution in [2.24, 2.45) is 5.16 Å². The molecular formula is C21H22N2O4Se. The normalized spacial score (nSPS) is 11.2. The predicted molar refractivity (Wildman–Crippen MR) is 110 cm³/mol. The van der Waals surface area contributed by atoms with E-state index in [9.17, 15) is 0 Å². The van der Waals surface area contributed by atoms with E-state index in [0.29, 0.717) is 23.0 Å². The third-order valence-electron chi connectivity index (χ3n) is 4.17. The number of methoxy groups -OCH3 is 3. The fourth-order valence-corrected chi connectivity index (χ4v) is 4.50. The second kappa shape index (κ2) is 8.95. The van der Waals surface area contributed by atoms with Gasteiger partial charge in [-0.3, -0.25) is 0 Å². The van der Waals surface area contributed by atoms with Gasteiger partial charge in [-0.25, -0.2) is 0 Å². The summed E-state index contributed by atoms with van der Waals surface area (Å²) in [5.41, 5.74) is 4.70. The van der Waals surface area contributed by atoms with Crippen LogP contribution < -0.4 is 14.2 Å². The van der Waals surface area contributed by atoms with Crippen LogP contribution in [-0.2, 0) is 4.84 Å². The Morgan fingerprint density at radius 1 is 0.929 bits per heavy atom. The van der Waals surface area contributed by atoms with E-state index in [2.05, 4.69) is 41.3 Å². The van der Waals surface area contributed by atoms with Crippen molar-refractivity contribution < 1.29 is 19.0 Å². The Morgan fingerprint density at radius 3 is 2.11 bits per heavy atom. The van der Waals surface area contributed by atoms with Gasteiger partial charge >= 0.3 is 170 Å². The van der Waals surface area contributed by atoms with Gasteiger partial charge in [0.05, 0.1) is 0 Å². The number of oxime groups is 1. The zero-order chi connectivity index (χ0) is 20.1. The molecule has 1 heterocycles. The molecule has 0 amide bonds. The van der Waals surface area contributed by atoms with Crippen molar-refractivity contribution in [2.45, 2.75) is 6.92 Å². The first-order valence-corrected chi connectivity index (χ1v) is 10.4. The van der Waals surface area contributed by atoms with Gasteiger partial charge in [-0.05, 0) is 0 Å². The standard InChI is InChI=1S/C21H22N2O4Se/c1-13-6-8-14(9-7-13)16-12-28-21(22-16)19(23-27-5)15-10-17(24-2)20(26-4)18(11-15)25-3/h6-12H,1-5H3/b23-19-. The van der Waals surface area contributed by atoms with Crippen molar-refractivity contribution in [2.75, 3.05) is 28.4 Å². The molecule has 0 atom stereocenters. The Kier molecular flexibility index (Phi) is 6.39. The van der Waals surface area contributed by atoms with E-state index in [4.69, 9.17) is 24.0 Å². The van der Waals surface area contributed by atoms with E-state index in [-0.39, 0.29) is 14.5 Å². The van der Waals surface area contributed by atoms with Gasteiger partial charge in [-0.15, -0.1) is 0 Å². The number of rotatable bonds is 7. The second-order valence-corrected chi connectivity index (χ2v) is 7.74. The number of aryl methyl sites for hydroxylation is 1. The quantitative estimate of drug-likeness (QED) is 0.316. The van der Waals surface area contributed by atoms with Crippen LogP contribution in [0.3, 0.4) is 0 Å². The van der Waals surface area contributed by atoms with Crippen LogP contribution >= 0.6 is 0 Å². The minimum atomic E-state index is 0.0258. The zero-order valence-electron chi connectivity index (χ0n) is 16.5. The molecule has 0 radical (unpaired) electrons.